The molecule has 0 spiro atoms. The van der Waals surface area contributed by atoms with Gasteiger partial charge in [-0.25, -0.2) is 9.59 Å². The minimum Gasteiger partial charge on any atom is -0.462 e. The summed E-state index contributed by atoms with van der Waals surface area (Å²) in [4.78, 5) is 37.3. The number of carbonyl (C=O) groups is 3. The van der Waals surface area contributed by atoms with E-state index in [1.807, 2.05) is 50.2 Å². The van der Waals surface area contributed by atoms with Gasteiger partial charge < -0.3 is 19.3 Å². The quantitative estimate of drug-likeness (QED) is 0.491. The molecule has 2 aromatic carbocycles. The number of quaternary nitrogens is 1. The first-order valence-electron chi connectivity index (χ1n) is 10.2. The molecular weight excluding hydrogens is 396 g/mol. The van der Waals surface area contributed by atoms with E-state index in [2.05, 4.69) is 5.32 Å². The van der Waals surface area contributed by atoms with Crippen LogP contribution < -0.4 is 5.32 Å². The van der Waals surface area contributed by atoms with Crippen LogP contribution in [-0.4, -0.2) is 56.1 Å². The third kappa shape index (κ3) is 7.53. The van der Waals surface area contributed by atoms with Crippen molar-refractivity contribution < 1.29 is 28.3 Å². The molecule has 31 heavy (non-hydrogen) atoms. The SMILES string of the molecule is CCOC(=O)c1cc(C)cc(C)c1NC(=O)C[N+](C)(C)CC(=O)OCc1ccccc1. The van der Waals surface area contributed by atoms with E-state index in [1.165, 1.54) is 0 Å². The van der Waals surface area contributed by atoms with Gasteiger partial charge in [-0.1, -0.05) is 36.4 Å². The molecule has 0 saturated carbocycles. The number of nitrogens with one attached hydrogen (secondary N) is 1. The monoisotopic (exact) mass is 427 g/mol. The lowest BCUT2D eigenvalue weighted by Crippen LogP contribution is -2.49. The van der Waals surface area contributed by atoms with Crippen LogP contribution in [0, 0.1) is 13.8 Å². The van der Waals surface area contributed by atoms with E-state index in [-0.39, 0.29) is 42.7 Å². The van der Waals surface area contributed by atoms with E-state index >= 15 is 0 Å². The molecule has 1 amide bonds. The summed E-state index contributed by atoms with van der Waals surface area (Å²) in [6.07, 6.45) is 0. The number of esters is 2. The fourth-order valence-electron chi connectivity index (χ4n) is 3.26. The Morgan fingerprint density at radius 3 is 2.29 bits per heavy atom. The second kappa shape index (κ2) is 10.7. The van der Waals surface area contributed by atoms with Gasteiger partial charge in [0.05, 0.1) is 32.0 Å². The Balaban J connectivity index is 2.01. The van der Waals surface area contributed by atoms with Crippen LogP contribution in [-0.2, 0) is 25.7 Å². The molecule has 1 N–H and O–H groups in total. The third-order valence-electron chi connectivity index (χ3n) is 4.61. The molecule has 0 bridgehead atoms. The Kier molecular flexibility index (Phi) is 8.33. The number of carbonyl (C=O) groups excluding carboxylic acids is 3. The molecule has 7 heteroatoms. The number of anilines is 1. The van der Waals surface area contributed by atoms with Crippen molar-refractivity contribution >= 4 is 23.5 Å². The Labute approximate surface area is 183 Å². The number of rotatable bonds is 9. The maximum Gasteiger partial charge on any atom is 0.362 e. The van der Waals surface area contributed by atoms with Crippen molar-refractivity contribution in [2.24, 2.45) is 0 Å². The minimum atomic E-state index is -0.483. The Morgan fingerprint density at radius 2 is 1.65 bits per heavy atom. The summed E-state index contributed by atoms with van der Waals surface area (Å²) in [7, 11) is 3.55. The number of likely N-dealkylation sites (N-methyl/N-ethyl adjacent to an activating group) is 1. The van der Waals surface area contributed by atoms with Crippen LogP contribution in [0.4, 0.5) is 5.69 Å². The summed E-state index contributed by atoms with van der Waals surface area (Å²) >= 11 is 0. The van der Waals surface area contributed by atoms with Crippen LogP contribution in [0.25, 0.3) is 0 Å². The largest absolute Gasteiger partial charge is 0.462 e. The van der Waals surface area contributed by atoms with Crippen molar-refractivity contribution in [2.45, 2.75) is 27.4 Å². The molecule has 2 rings (SSSR count). The van der Waals surface area contributed by atoms with Gasteiger partial charge in [0.1, 0.15) is 6.61 Å². The summed E-state index contributed by atoms with van der Waals surface area (Å²) in [5.74, 6) is -1.18. The predicted octanol–water partition coefficient (Wildman–Crippen LogP) is 3.24. The number of hydrogen-bond acceptors (Lipinski definition) is 5. The number of benzene rings is 2. The Morgan fingerprint density at radius 1 is 0.968 bits per heavy atom. The number of aryl methyl sites for hydroxylation is 2. The molecule has 0 atom stereocenters. The first-order valence-corrected chi connectivity index (χ1v) is 10.2. The van der Waals surface area contributed by atoms with E-state index < -0.39 is 5.97 Å². The lowest BCUT2D eigenvalue weighted by Gasteiger charge is -2.28. The predicted molar refractivity (Wildman–Crippen MR) is 119 cm³/mol. The van der Waals surface area contributed by atoms with E-state index in [4.69, 9.17) is 9.47 Å². The molecule has 0 aliphatic rings. The Bertz CT molecular complexity index is 938. The lowest BCUT2D eigenvalue weighted by atomic mass is 10.0. The smallest absolute Gasteiger partial charge is 0.362 e. The van der Waals surface area contributed by atoms with E-state index in [0.717, 1.165) is 16.7 Å². The lowest BCUT2D eigenvalue weighted by molar-refractivity contribution is -0.874. The summed E-state index contributed by atoms with van der Waals surface area (Å²) in [6.45, 7) is 5.95. The molecule has 0 radical (unpaired) electrons. The minimum absolute atomic E-state index is 0.0377. The maximum atomic E-state index is 12.7. The van der Waals surface area contributed by atoms with Crippen molar-refractivity contribution in [3.05, 3.63) is 64.7 Å². The van der Waals surface area contributed by atoms with Gasteiger partial charge in [0.2, 0.25) is 0 Å². The highest BCUT2D eigenvalue weighted by Gasteiger charge is 2.26. The molecule has 166 valence electrons. The summed E-state index contributed by atoms with van der Waals surface area (Å²) in [6, 6.07) is 13.0. The van der Waals surface area contributed by atoms with Crippen molar-refractivity contribution in [3.63, 3.8) is 0 Å². The highest BCUT2D eigenvalue weighted by atomic mass is 16.5. The van der Waals surface area contributed by atoms with Gasteiger partial charge in [0, 0.05) is 0 Å². The standard InChI is InChI=1S/C24H30N2O5/c1-6-30-24(29)20-13-17(2)12-18(3)23(20)25-21(27)14-26(4,5)15-22(28)31-16-19-10-8-7-9-11-19/h7-13H,6,14-16H2,1-5H3/p+1. The van der Waals surface area contributed by atoms with Crippen LogP contribution in [0.15, 0.2) is 42.5 Å². The molecule has 0 aromatic heterocycles. The van der Waals surface area contributed by atoms with Gasteiger partial charge in [-0.3, -0.25) is 4.79 Å². The molecule has 2 aromatic rings. The fraction of sp³-hybridized carbons (Fsp3) is 0.375. The average molecular weight is 428 g/mol. The highest BCUT2D eigenvalue weighted by Crippen LogP contribution is 2.24. The van der Waals surface area contributed by atoms with Crippen LogP contribution in [0.5, 0.6) is 0 Å². The molecule has 0 unspecified atom stereocenters. The second-order valence-corrected chi connectivity index (χ2v) is 8.17. The molecular formula is C24H31N2O5+. The number of nitrogens with zero attached hydrogens (tertiary/aromatic N) is 1. The van der Waals surface area contributed by atoms with Crippen LogP contribution in [0.1, 0.15) is 34.0 Å². The highest BCUT2D eigenvalue weighted by molar-refractivity contribution is 6.02. The van der Waals surface area contributed by atoms with Gasteiger partial charge >= 0.3 is 11.9 Å². The summed E-state index contributed by atoms with van der Waals surface area (Å²) in [5.41, 5.74) is 3.32. The zero-order valence-electron chi connectivity index (χ0n) is 18.9. The van der Waals surface area contributed by atoms with E-state index in [1.54, 1.807) is 27.1 Å². The van der Waals surface area contributed by atoms with E-state index in [0.29, 0.717) is 11.3 Å². The van der Waals surface area contributed by atoms with Crippen molar-refractivity contribution in [3.8, 4) is 0 Å². The summed E-state index contributed by atoms with van der Waals surface area (Å²) in [5, 5.41) is 2.83. The number of hydrogen-bond donors (Lipinski definition) is 1. The average Bonchev–Trinajstić information content (AvgIpc) is 2.68. The zero-order chi connectivity index (χ0) is 23.0. The molecule has 0 heterocycles. The number of ether oxygens (including phenoxy) is 2. The second-order valence-electron chi connectivity index (χ2n) is 8.17. The first-order chi connectivity index (χ1) is 14.6. The molecule has 0 aliphatic carbocycles. The molecule has 7 nitrogen and oxygen atoms in total. The van der Waals surface area contributed by atoms with Crippen molar-refractivity contribution in [2.75, 3.05) is 39.1 Å². The Hall–Kier alpha value is -3.19. The summed E-state index contributed by atoms with van der Waals surface area (Å²) < 4.78 is 10.6. The van der Waals surface area contributed by atoms with Gasteiger partial charge in [0.25, 0.3) is 5.91 Å². The molecule has 0 saturated heterocycles. The topological polar surface area (TPSA) is 81.7 Å². The van der Waals surface area contributed by atoms with Crippen molar-refractivity contribution in [1.29, 1.82) is 0 Å². The normalized spacial score (nSPS) is 11.0. The van der Waals surface area contributed by atoms with Crippen molar-refractivity contribution in [1.82, 2.24) is 0 Å². The first kappa shape index (κ1) is 24.1. The van der Waals surface area contributed by atoms with Crippen LogP contribution in [0.3, 0.4) is 0 Å². The molecule has 0 fully saturated rings. The van der Waals surface area contributed by atoms with Gasteiger partial charge in [0.15, 0.2) is 13.1 Å². The molecule has 0 aliphatic heterocycles. The van der Waals surface area contributed by atoms with Crippen LogP contribution >= 0.6 is 0 Å². The maximum absolute atomic E-state index is 12.7. The third-order valence-corrected chi connectivity index (χ3v) is 4.61. The van der Waals surface area contributed by atoms with E-state index in [9.17, 15) is 14.4 Å². The van der Waals surface area contributed by atoms with Gasteiger partial charge in [-0.2, -0.15) is 0 Å². The van der Waals surface area contributed by atoms with Crippen LogP contribution in [0.2, 0.25) is 0 Å². The zero-order valence-corrected chi connectivity index (χ0v) is 18.9. The fourth-order valence-corrected chi connectivity index (χ4v) is 3.26. The van der Waals surface area contributed by atoms with Gasteiger partial charge in [-0.15, -0.1) is 0 Å². The number of amides is 1. The van der Waals surface area contributed by atoms with Gasteiger partial charge in [-0.05, 0) is 43.5 Å².